The molecule has 2 rings (SSSR count). The summed E-state index contributed by atoms with van der Waals surface area (Å²) in [6.07, 6.45) is 1.67. The van der Waals surface area contributed by atoms with Gasteiger partial charge in [0.25, 0.3) is 0 Å². The van der Waals surface area contributed by atoms with Crippen molar-refractivity contribution in [1.29, 1.82) is 0 Å². The lowest BCUT2D eigenvalue weighted by molar-refractivity contribution is -0.136. The van der Waals surface area contributed by atoms with Crippen LogP contribution in [0.3, 0.4) is 0 Å². The summed E-state index contributed by atoms with van der Waals surface area (Å²) in [7, 11) is 0. The van der Waals surface area contributed by atoms with Crippen molar-refractivity contribution in [3.8, 4) is 0 Å². The van der Waals surface area contributed by atoms with Gasteiger partial charge in [0.05, 0.1) is 0 Å². The molecule has 0 saturated carbocycles. The van der Waals surface area contributed by atoms with E-state index >= 15 is 0 Å². The molecule has 0 unspecified atom stereocenters. The number of hydrogen-bond acceptors (Lipinski definition) is 2. The zero-order valence-electron chi connectivity index (χ0n) is 13.7. The number of likely N-dealkylation sites (tertiary alicyclic amines) is 1. The maximum atomic E-state index is 12.4. The summed E-state index contributed by atoms with van der Waals surface area (Å²) in [5.74, 6) is 0.697. The summed E-state index contributed by atoms with van der Waals surface area (Å²) < 4.78 is 0. The number of hydrogen-bond donors (Lipinski definition) is 1. The Morgan fingerprint density at radius 1 is 1.27 bits per heavy atom. The van der Waals surface area contributed by atoms with Crippen molar-refractivity contribution in [2.24, 2.45) is 5.92 Å². The van der Waals surface area contributed by atoms with Crippen molar-refractivity contribution in [2.45, 2.75) is 45.6 Å². The fourth-order valence-corrected chi connectivity index (χ4v) is 3.18. The molecule has 2 amide bonds. The molecule has 4 nitrogen and oxygen atoms in total. The maximum Gasteiger partial charge on any atom is 0.242 e. The topological polar surface area (TPSA) is 49.4 Å². The van der Waals surface area contributed by atoms with Crippen LogP contribution in [0.15, 0.2) is 30.3 Å². The Morgan fingerprint density at radius 3 is 2.55 bits per heavy atom. The van der Waals surface area contributed by atoms with Gasteiger partial charge in [-0.2, -0.15) is 0 Å². The van der Waals surface area contributed by atoms with E-state index in [1.807, 2.05) is 18.2 Å². The Bertz CT molecular complexity index is 513. The van der Waals surface area contributed by atoms with E-state index in [4.69, 9.17) is 0 Å². The first-order chi connectivity index (χ1) is 10.5. The zero-order valence-corrected chi connectivity index (χ0v) is 13.7. The van der Waals surface area contributed by atoms with Gasteiger partial charge in [-0.1, -0.05) is 44.2 Å². The molecule has 2 atom stereocenters. The number of nitrogens with one attached hydrogen (secondary N) is 1. The number of carbonyl (C=O) groups excluding carboxylic acids is 2. The summed E-state index contributed by atoms with van der Waals surface area (Å²) >= 11 is 0. The van der Waals surface area contributed by atoms with E-state index in [0.717, 1.165) is 12.8 Å². The standard InChI is InChI=1S/C18H26N2O2/c1-13(2)16(15-8-5-4-6-9-15)12-19-18(22)17-10-7-11-20(17)14(3)21/h4-6,8-9,13,16-17H,7,10-12H2,1-3H3,(H,19,22)/t16-,17+/m1/s1. The third kappa shape index (κ3) is 3.87. The molecule has 120 valence electrons. The smallest absolute Gasteiger partial charge is 0.242 e. The van der Waals surface area contributed by atoms with Gasteiger partial charge < -0.3 is 10.2 Å². The minimum Gasteiger partial charge on any atom is -0.354 e. The second-order valence-corrected chi connectivity index (χ2v) is 6.38. The van der Waals surface area contributed by atoms with Gasteiger partial charge in [0.2, 0.25) is 11.8 Å². The molecule has 4 heteroatoms. The molecule has 1 aromatic rings. The number of benzene rings is 1. The van der Waals surface area contributed by atoms with Gasteiger partial charge in [-0.15, -0.1) is 0 Å². The van der Waals surface area contributed by atoms with Crippen LogP contribution in [0.25, 0.3) is 0 Å². The number of rotatable bonds is 5. The van der Waals surface area contributed by atoms with Gasteiger partial charge in [-0.05, 0) is 24.3 Å². The molecule has 1 aromatic carbocycles. The highest BCUT2D eigenvalue weighted by molar-refractivity contribution is 5.87. The summed E-state index contributed by atoms with van der Waals surface area (Å²) in [4.78, 5) is 25.7. The molecule has 0 spiro atoms. The van der Waals surface area contributed by atoms with Crippen LogP contribution < -0.4 is 5.32 Å². The van der Waals surface area contributed by atoms with Crippen molar-refractivity contribution in [1.82, 2.24) is 10.2 Å². The maximum absolute atomic E-state index is 12.4. The van der Waals surface area contributed by atoms with Gasteiger partial charge in [-0.3, -0.25) is 9.59 Å². The fourth-order valence-electron chi connectivity index (χ4n) is 3.18. The summed E-state index contributed by atoms with van der Waals surface area (Å²) in [6, 6.07) is 9.98. The molecule has 1 heterocycles. The molecule has 1 fully saturated rings. The molecule has 0 radical (unpaired) electrons. The van der Waals surface area contributed by atoms with E-state index in [9.17, 15) is 9.59 Å². The summed E-state index contributed by atoms with van der Waals surface area (Å²) in [6.45, 7) is 7.18. The van der Waals surface area contributed by atoms with Crippen LogP contribution in [0.2, 0.25) is 0 Å². The van der Waals surface area contributed by atoms with Crippen molar-refractivity contribution in [3.63, 3.8) is 0 Å². The monoisotopic (exact) mass is 302 g/mol. The van der Waals surface area contributed by atoms with Crippen molar-refractivity contribution in [3.05, 3.63) is 35.9 Å². The molecule has 1 saturated heterocycles. The largest absolute Gasteiger partial charge is 0.354 e. The first-order valence-corrected chi connectivity index (χ1v) is 8.10. The lowest BCUT2D eigenvalue weighted by Gasteiger charge is -2.26. The van der Waals surface area contributed by atoms with E-state index in [0.29, 0.717) is 19.0 Å². The van der Waals surface area contributed by atoms with Gasteiger partial charge >= 0.3 is 0 Å². The van der Waals surface area contributed by atoms with Gasteiger partial charge in [0.15, 0.2) is 0 Å². The lowest BCUT2D eigenvalue weighted by Crippen LogP contribution is -2.46. The van der Waals surface area contributed by atoms with Crippen LogP contribution in [-0.4, -0.2) is 35.8 Å². The average Bonchev–Trinajstić information content (AvgIpc) is 2.97. The van der Waals surface area contributed by atoms with Crippen LogP contribution in [0.1, 0.15) is 45.1 Å². The van der Waals surface area contributed by atoms with E-state index in [2.05, 4.69) is 31.3 Å². The Morgan fingerprint density at radius 2 is 1.95 bits per heavy atom. The number of amides is 2. The van der Waals surface area contributed by atoms with Crippen molar-refractivity contribution < 1.29 is 9.59 Å². The minimum atomic E-state index is -0.291. The third-order valence-corrected chi connectivity index (χ3v) is 4.49. The lowest BCUT2D eigenvalue weighted by atomic mass is 9.88. The van der Waals surface area contributed by atoms with E-state index in [-0.39, 0.29) is 23.8 Å². The molecule has 1 N–H and O–H groups in total. The quantitative estimate of drug-likeness (QED) is 0.908. The molecular weight excluding hydrogens is 276 g/mol. The Kier molecular flexibility index (Phi) is 5.58. The molecule has 0 aromatic heterocycles. The molecule has 0 bridgehead atoms. The predicted molar refractivity (Wildman–Crippen MR) is 87.4 cm³/mol. The van der Waals surface area contributed by atoms with Crippen LogP contribution in [0, 0.1) is 5.92 Å². The normalized spacial score (nSPS) is 19.3. The molecule has 0 aliphatic carbocycles. The molecule has 1 aliphatic rings. The van der Waals surface area contributed by atoms with E-state index < -0.39 is 0 Å². The van der Waals surface area contributed by atoms with Crippen LogP contribution in [0.5, 0.6) is 0 Å². The fraction of sp³-hybridized carbons (Fsp3) is 0.556. The van der Waals surface area contributed by atoms with E-state index in [1.54, 1.807) is 4.90 Å². The highest BCUT2D eigenvalue weighted by Gasteiger charge is 2.32. The first kappa shape index (κ1) is 16.5. The Balaban J connectivity index is 1.98. The average molecular weight is 302 g/mol. The van der Waals surface area contributed by atoms with Gasteiger partial charge in [0.1, 0.15) is 6.04 Å². The SMILES string of the molecule is CC(=O)N1CCC[C@H]1C(=O)NC[C@@H](c1ccccc1)C(C)C. The third-order valence-electron chi connectivity index (χ3n) is 4.49. The van der Waals surface area contributed by atoms with Crippen molar-refractivity contribution in [2.75, 3.05) is 13.1 Å². The first-order valence-electron chi connectivity index (χ1n) is 8.10. The van der Waals surface area contributed by atoms with Crippen LogP contribution in [-0.2, 0) is 9.59 Å². The second kappa shape index (κ2) is 7.43. The van der Waals surface area contributed by atoms with Crippen LogP contribution in [0.4, 0.5) is 0 Å². The Hall–Kier alpha value is -1.84. The number of nitrogens with zero attached hydrogens (tertiary/aromatic N) is 1. The summed E-state index contributed by atoms with van der Waals surface area (Å²) in [5.41, 5.74) is 1.24. The summed E-state index contributed by atoms with van der Waals surface area (Å²) in [5, 5.41) is 3.06. The highest BCUT2D eigenvalue weighted by atomic mass is 16.2. The van der Waals surface area contributed by atoms with Crippen molar-refractivity contribution >= 4 is 11.8 Å². The Labute approximate surface area is 132 Å². The second-order valence-electron chi connectivity index (χ2n) is 6.38. The number of carbonyl (C=O) groups is 2. The zero-order chi connectivity index (χ0) is 16.1. The van der Waals surface area contributed by atoms with Gasteiger partial charge in [0, 0.05) is 25.9 Å². The minimum absolute atomic E-state index is 0.0129. The van der Waals surface area contributed by atoms with E-state index in [1.165, 1.54) is 12.5 Å². The van der Waals surface area contributed by atoms with Crippen LogP contribution >= 0.6 is 0 Å². The molecular formula is C18H26N2O2. The molecule has 22 heavy (non-hydrogen) atoms. The van der Waals surface area contributed by atoms with Gasteiger partial charge in [-0.25, -0.2) is 0 Å². The highest BCUT2D eigenvalue weighted by Crippen LogP contribution is 2.24. The predicted octanol–water partition coefficient (Wildman–Crippen LogP) is 2.55. The molecule has 1 aliphatic heterocycles.